The van der Waals surface area contributed by atoms with Crippen LogP contribution in [0.1, 0.15) is 11.3 Å². The Morgan fingerprint density at radius 3 is 2.33 bits per heavy atom. The molecule has 13 heteroatoms. The van der Waals surface area contributed by atoms with Gasteiger partial charge in [0.25, 0.3) is 10.0 Å². The third-order valence-electron chi connectivity index (χ3n) is 4.81. The Kier molecular flexibility index (Phi) is 5.36. The van der Waals surface area contributed by atoms with Crippen molar-refractivity contribution in [1.82, 2.24) is 9.97 Å². The number of halogens is 3. The number of hydrogen-bond acceptors (Lipinski definition) is 7. The zero-order chi connectivity index (χ0) is 23.9. The van der Waals surface area contributed by atoms with Crippen LogP contribution in [0.2, 0.25) is 0 Å². The minimum absolute atomic E-state index is 0.0546. The summed E-state index contributed by atoms with van der Waals surface area (Å²) in [7, 11) is -2.84. The Balaban J connectivity index is 1.57. The van der Waals surface area contributed by atoms with Crippen LogP contribution in [-0.2, 0) is 15.7 Å². The molecule has 0 fully saturated rings. The molecule has 2 aromatic carbocycles. The van der Waals surface area contributed by atoms with Crippen molar-refractivity contribution in [2.24, 2.45) is 10.2 Å². The molecule has 0 bridgehead atoms. The standard InChI is InChI=1S/C20H17F3N6O3S/c1-12(16-10-24-11-25-16)26-15-7-8-17(32-2)18(9-15)33(30,31)27-14-5-3-13(4-6-14)19(28-29-19)20(21,22)23/h3-11,26-27H,1H2,2H3,(H,24,25). The van der Waals surface area contributed by atoms with E-state index in [1.54, 1.807) is 12.3 Å². The minimum atomic E-state index is -4.67. The van der Waals surface area contributed by atoms with Crippen molar-refractivity contribution >= 4 is 27.1 Å². The largest absolute Gasteiger partial charge is 0.495 e. The van der Waals surface area contributed by atoms with Gasteiger partial charge < -0.3 is 15.0 Å². The number of nitrogens with one attached hydrogen (secondary N) is 3. The molecule has 172 valence electrons. The molecule has 0 amide bonds. The number of aromatic nitrogens is 2. The minimum Gasteiger partial charge on any atom is -0.495 e. The second kappa shape index (κ2) is 7.92. The number of anilines is 2. The van der Waals surface area contributed by atoms with Gasteiger partial charge in [0.2, 0.25) is 0 Å². The van der Waals surface area contributed by atoms with Crippen molar-refractivity contribution in [3.05, 3.63) is 72.8 Å². The number of hydrogen-bond donors (Lipinski definition) is 3. The van der Waals surface area contributed by atoms with Gasteiger partial charge in [-0.3, -0.25) is 4.72 Å². The van der Waals surface area contributed by atoms with Crippen LogP contribution in [0.5, 0.6) is 5.75 Å². The Bertz CT molecular complexity index is 1310. The number of imidazole rings is 1. The molecule has 33 heavy (non-hydrogen) atoms. The number of rotatable bonds is 8. The predicted octanol–water partition coefficient (Wildman–Crippen LogP) is 4.48. The third-order valence-corrected chi connectivity index (χ3v) is 6.21. The summed E-state index contributed by atoms with van der Waals surface area (Å²) >= 11 is 0. The molecule has 1 aliphatic rings. The summed E-state index contributed by atoms with van der Waals surface area (Å²) in [5, 5.41) is 9.23. The first-order chi connectivity index (χ1) is 15.6. The van der Waals surface area contributed by atoms with Gasteiger partial charge in [0.05, 0.1) is 31.0 Å². The SMILES string of the molecule is C=C(Nc1ccc(OC)c(S(=O)(=O)Nc2ccc(C3(C(F)(F)F)N=N3)cc2)c1)c1cnc[nH]1. The van der Waals surface area contributed by atoms with Crippen LogP contribution in [0, 0.1) is 0 Å². The Labute approximate surface area is 186 Å². The molecule has 1 aromatic heterocycles. The second-order valence-electron chi connectivity index (χ2n) is 6.99. The Morgan fingerprint density at radius 1 is 1.12 bits per heavy atom. The first kappa shape index (κ1) is 22.3. The highest BCUT2D eigenvalue weighted by Crippen LogP contribution is 2.52. The van der Waals surface area contributed by atoms with Crippen LogP contribution < -0.4 is 14.8 Å². The van der Waals surface area contributed by atoms with Gasteiger partial charge in [-0.05, 0) is 30.3 Å². The van der Waals surface area contributed by atoms with Crippen molar-refractivity contribution in [3.63, 3.8) is 0 Å². The first-order valence-corrected chi connectivity index (χ1v) is 10.8. The molecule has 2 heterocycles. The summed E-state index contributed by atoms with van der Waals surface area (Å²) in [6.07, 6.45) is -1.65. The molecular formula is C20H17F3N6O3S. The average Bonchev–Trinajstić information content (AvgIpc) is 3.41. The van der Waals surface area contributed by atoms with Gasteiger partial charge in [-0.2, -0.15) is 13.2 Å². The Morgan fingerprint density at radius 2 is 1.79 bits per heavy atom. The predicted molar refractivity (Wildman–Crippen MR) is 114 cm³/mol. The van der Waals surface area contributed by atoms with E-state index in [0.717, 1.165) is 12.1 Å². The van der Waals surface area contributed by atoms with Crippen LogP contribution in [0.3, 0.4) is 0 Å². The number of benzene rings is 2. The number of methoxy groups -OCH3 is 1. The van der Waals surface area contributed by atoms with Crippen molar-refractivity contribution in [3.8, 4) is 5.75 Å². The lowest BCUT2D eigenvalue weighted by Crippen LogP contribution is -2.30. The summed E-state index contributed by atoms with van der Waals surface area (Å²) < 4.78 is 73.0. The Hall–Kier alpha value is -3.87. The number of alkyl halides is 3. The molecule has 1 aliphatic heterocycles. The van der Waals surface area contributed by atoms with Crippen LogP contribution in [0.4, 0.5) is 24.5 Å². The molecule has 3 N–H and O–H groups in total. The maximum atomic E-state index is 13.1. The summed E-state index contributed by atoms with van der Waals surface area (Å²) in [6, 6.07) is 9.06. The van der Waals surface area contributed by atoms with E-state index in [-0.39, 0.29) is 21.9 Å². The highest BCUT2D eigenvalue weighted by Gasteiger charge is 2.65. The van der Waals surface area contributed by atoms with E-state index in [2.05, 4.69) is 36.8 Å². The average molecular weight is 478 g/mol. The van der Waals surface area contributed by atoms with Gasteiger partial charge >= 0.3 is 11.8 Å². The smallest absolute Gasteiger partial charge is 0.442 e. The van der Waals surface area contributed by atoms with Crippen molar-refractivity contribution in [2.45, 2.75) is 16.7 Å². The van der Waals surface area contributed by atoms with Crippen LogP contribution in [0.15, 0.2) is 76.7 Å². The number of aromatic amines is 1. The van der Waals surface area contributed by atoms with E-state index in [4.69, 9.17) is 4.74 Å². The van der Waals surface area contributed by atoms with Crippen LogP contribution >= 0.6 is 0 Å². The van der Waals surface area contributed by atoms with Crippen LogP contribution in [0.25, 0.3) is 5.70 Å². The molecule has 0 unspecified atom stereocenters. The molecule has 9 nitrogen and oxygen atoms in total. The fourth-order valence-corrected chi connectivity index (χ4v) is 4.30. The first-order valence-electron chi connectivity index (χ1n) is 9.32. The van der Waals surface area contributed by atoms with Crippen molar-refractivity contribution < 1.29 is 26.3 Å². The van der Waals surface area contributed by atoms with Gasteiger partial charge in [-0.15, -0.1) is 10.2 Å². The molecule has 4 rings (SSSR count). The summed E-state index contributed by atoms with van der Waals surface area (Å²) in [6.45, 7) is 3.87. The monoisotopic (exact) mass is 478 g/mol. The van der Waals surface area contributed by atoms with Gasteiger partial charge in [-0.1, -0.05) is 18.7 Å². The molecule has 0 saturated carbocycles. The molecule has 0 atom stereocenters. The van der Waals surface area contributed by atoms with Gasteiger partial charge in [0, 0.05) is 16.9 Å². The van der Waals surface area contributed by atoms with E-state index in [1.807, 2.05) is 0 Å². The van der Waals surface area contributed by atoms with Crippen molar-refractivity contribution in [2.75, 3.05) is 17.1 Å². The molecule has 0 aliphatic carbocycles. The molecule has 0 spiro atoms. The van der Waals surface area contributed by atoms with E-state index in [1.165, 1.54) is 37.7 Å². The third kappa shape index (κ3) is 4.26. The fraction of sp³-hybridized carbons (Fsp3) is 0.150. The zero-order valence-electron chi connectivity index (χ0n) is 17.0. The van der Waals surface area contributed by atoms with E-state index >= 15 is 0 Å². The molecule has 0 radical (unpaired) electrons. The fourth-order valence-electron chi connectivity index (χ4n) is 3.05. The summed E-state index contributed by atoms with van der Waals surface area (Å²) in [5.41, 5.74) is -1.25. The number of H-pyrrole nitrogens is 1. The van der Waals surface area contributed by atoms with Gasteiger partial charge in [-0.25, -0.2) is 13.4 Å². The molecular weight excluding hydrogens is 461 g/mol. The van der Waals surface area contributed by atoms with Crippen molar-refractivity contribution in [1.29, 1.82) is 0 Å². The maximum Gasteiger partial charge on any atom is 0.442 e. The zero-order valence-corrected chi connectivity index (χ0v) is 17.8. The number of ether oxygens (including phenoxy) is 1. The lowest BCUT2D eigenvalue weighted by molar-refractivity contribution is -0.166. The van der Waals surface area contributed by atoms with E-state index < -0.39 is 21.9 Å². The molecule has 0 saturated heterocycles. The van der Waals surface area contributed by atoms with Gasteiger partial charge in [0.15, 0.2) is 0 Å². The number of sulfonamides is 1. The van der Waals surface area contributed by atoms with E-state index in [9.17, 15) is 21.6 Å². The quantitative estimate of drug-likeness (QED) is 0.441. The second-order valence-corrected chi connectivity index (χ2v) is 8.64. The normalized spacial score (nSPS) is 14.5. The van der Waals surface area contributed by atoms with Gasteiger partial charge in [0.1, 0.15) is 10.6 Å². The summed E-state index contributed by atoms with van der Waals surface area (Å²) in [5.74, 6) is 0.0726. The number of nitrogens with zero attached hydrogens (tertiary/aromatic N) is 3. The lowest BCUT2D eigenvalue weighted by atomic mass is 10.0. The molecule has 3 aromatic rings. The maximum absolute atomic E-state index is 13.1. The summed E-state index contributed by atoms with van der Waals surface area (Å²) in [4.78, 5) is 6.59. The highest BCUT2D eigenvalue weighted by molar-refractivity contribution is 7.92. The highest BCUT2D eigenvalue weighted by atomic mass is 32.2. The van der Waals surface area contributed by atoms with E-state index in [0.29, 0.717) is 17.1 Å². The van der Waals surface area contributed by atoms with Crippen LogP contribution in [-0.4, -0.2) is 31.7 Å². The lowest BCUT2D eigenvalue weighted by Gasteiger charge is -2.16. The topological polar surface area (TPSA) is 121 Å².